The first-order chi connectivity index (χ1) is 8.08. The summed E-state index contributed by atoms with van der Waals surface area (Å²) in [5.74, 6) is 0.00238. The van der Waals surface area contributed by atoms with Crippen LogP contribution in [0.5, 0.6) is 0 Å². The van der Waals surface area contributed by atoms with Crippen LogP contribution < -0.4 is 5.32 Å². The molecule has 1 aromatic heterocycles. The van der Waals surface area contributed by atoms with Crippen molar-refractivity contribution in [1.82, 2.24) is 4.98 Å². The van der Waals surface area contributed by atoms with Crippen molar-refractivity contribution in [2.75, 3.05) is 26.1 Å². The summed E-state index contributed by atoms with van der Waals surface area (Å²) in [5, 5.41) is 5.64. The Hall–Kier alpha value is -1.14. The highest BCUT2D eigenvalue weighted by atomic mass is 32.1. The van der Waals surface area contributed by atoms with Crippen LogP contribution >= 0.6 is 11.3 Å². The first-order valence-corrected chi connectivity index (χ1v) is 6.25. The maximum absolute atomic E-state index is 11.2. The van der Waals surface area contributed by atoms with Crippen molar-refractivity contribution < 1.29 is 14.3 Å². The zero-order valence-electron chi connectivity index (χ0n) is 10.5. The third-order valence-electron chi connectivity index (χ3n) is 2.36. The molecular formula is C11H18N2O3S. The molecule has 0 saturated carbocycles. The summed E-state index contributed by atoms with van der Waals surface area (Å²) in [7, 11) is 3.01. The van der Waals surface area contributed by atoms with Gasteiger partial charge in [-0.2, -0.15) is 0 Å². The average Bonchev–Trinajstić information content (AvgIpc) is 2.76. The molecule has 0 aliphatic heterocycles. The van der Waals surface area contributed by atoms with Crippen molar-refractivity contribution in [2.24, 2.45) is 5.92 Å². The van der Waals surface area contributed by atoms with Crippen molar-refractivity contribution in [3.63, 3.8) is 0 Å². The monoisotopic (exact) mass is 258 g/mol. The molecular weight excluding hydrogens is 240 g/mol. The Kier molecular flexibility index (Phi) is 5.37. The molecule has 1 rings (SSSR count). The minimum Gasteiger partial charge on any atom is -0.464 e. The van der Waals surface area contributed by atoms with Crippen LogP contribution in [-0.4, -0.2) is 37.8 Å². The summed E-state index contributed by atoms with van der Waals surface area (Å²) in [4.78, 5) is 15.4. The van der Waals surface area contributed by atoms with Crippen molar-refractivity contribution in [3.8, 4) is 0 Å². The molecule has 0 aromatic carbocycles. The number of carbonyl (C=O) groups is 1. The second-order valence-electron chi connectivity index (χ2n) is 3.98. The number of ether oxygens (including phenoxy) is 2. The van der Waals surface area contributed by atoms with Gasteiger partial charge in [-0.05, 0) is 5.92 Å². The SMILES string of the molecule is COCC(Nc1nc(C(=O)OC)cs1)C(C)C. The largest absolute Gasteiger partial charge is 0.464 e. The molecule has 96 valence electrons. The molecule has 17 heavy (non-hydrogen) atoms. The van der Waals surface area contributed by atoms with Crippen molar-refractivity contribution in [1.29, 1.82) is 0 Å². The average molecular weight is 258 g/mol. The standard InChI is InChI=1S/C11H18N2O3S/c1-7(2)8(5-15-3)12-11-13-9(6-17-11)10(14)16-4/h6-8H,5H2,1-4H3,(H,12,13). The Labute approximate surface area is 105 Å². The number of rotatable bonds is 6. The molecule has 1 aromatic rings. The lowest BCUT2D eigenvalue weighted by Gasteiger charge is -2.20. The molecule has 1 unspecified atom stereocenters. The van der Waals surface area contributed by atoms with Gasteiger partial charge in [-0.1, -0.05) is 13.8 Å². The molecule has 0 amide bonds. The number of methoxy groups -OCH3 is 2. The van der Waals surface area contributed by atoms with Crippen LogP contribution in [-0.2, 0) is 9.47 Å². The Balaban J connectivity index is 2.66. The predicted octanol–water partition coefficient (Wildman–Crippen LogP) is 2.01. The fraction of sp³-hybridized carbons (Fsp3) is 0.636. The number of nitrogens with zero attached hydrogens (tertiary/aromatic N) is 1. The maximum Gasteiger partial charge on any atom is 0.357 e. The Morgan fingerprint density at radius 2 is 2.24 bits per heavy atom. The lowest BCUT2D eigenvalue weighted by Crippen LogP contribution is -2.30. The fourth-order valence-corrected chi connectivity index (χ4v) is 2.02. The van der Waals surface area contributed by atoms with Gasteiger partial charge in [0.15, 0.2) is 10.8 Å². The van der Waals surface area contributed by atoms with E-state index < -0.39 is 5.97 Å². The van der Waals surface area contributed by atoms with Gasteiger partial charge in [-0.3, -0.25) is 0 Å². The van der Waals surface area contributed by atoms with Gasteiger partial charge in [0.1, 0.15) is 0 Å². The normalized spacial score (nSPS) is 12.5. The number of carbonyl (C=O) groups excluding carboxylic acids is 1. The number of nitrogens with one attached hydrogen (secondary N) is 1. The summed E-state index contributed by atoms with van der Waals surface area (Å²) in [5.41, 5.74) is 0.333. The topological polar surface area (TPSA) is 60.5 Å². The summed E-state index contributed by atoms with van der Waals surface area (Å²) in [6.45, 7) is 4.81. The molecule has 1 heterocycles. The Morgan fingerprint density at radius 3 is 2.76 bits per heavy atom. The number of hydrogen-bond acceptors (Lipinski definition) is 6. The van der Waals surface area contributed by atoms with E-state index in [1.54, 1.807) is 12.5 Å². The van der Waals surface area contributed by atoms with Crippen LogP contribution in [0.15, 0.2) is 5.38 Å². The molecule has 6 heteroatoms. The zero-order chi connectivity index (χ0) is 12.8. The van der Waals surface area contributed by atoms with E-state index in [4.69, 9.17) is 4.74 Å². The lowest BCUT2D eigenvalue weighted by molar-refractivity contribution is 0.0595. The van der Waals surface area contributed by atoms with Crippen LogP contribution in [0.4, 0.5) is 5.13 Å². The minimum absolute atomic E-state index is 0.177. The first kappa shape index (κ1) is 13.9. The van der Waals surface area contributed by atoms with Gasteiger partial charge in [0.05, 0.1) is 19.8 Å². The number of anilines is 1. The van der Waals surface area contributed by atoms with E-state index >= 15 is 0 Å². The molecule has 0 aliphatic rings. The second-order valence-corrected chi connectivity index (χ2v) is 4.84. The van der Waals surface area contributed by atoms with Gasteiger partial charge in [0, 0.05) is 12.5 Å². The van der Waals surface area contributed by atoms with E-state index in [1.165, 1.54) is 18.4 Å². The van der Waals surface area contributed by atoms with Crippen LogP contribution in [0.25, 0.3) is 0 Å². The third-order valence-corrected chi connectivity index (χ3v) is 3.13. The van der Waals surface area contributed by atoms with Gasteiger partial charge in [-0.15, -0.1) is 11.3 Å². The zero-order valence-corrected chi connectivity index (χ0v) is 11.3. The highest BCUT2D eigenvalue weighted by molar-refractivity contribution is 7.13. The Bertz CT molecular complexity index is 365. The highest BCUT2D eigenvalue weighted by Crippen LogP contribution is 2.19. The van der Waals surface area contributed by atoms with Crippen molar-refractivity contribution in [3.05, 3.63) is 11.1 Å². The molecule has 0 saturated heterocycles. The summed E-state index contributed by atoms with van der Waals surface area (Å²) in [6, 6.07) is 0.177. The van der Waals surface area contributed by atoms with E-state index in [1.807, 2.05) is 0 Å². The van der Waals surface area contributed by atoms with Gasteiger partial charge in [0.25, 0.3) is 0 Å². The summed E-state index contributed by atoms with van der Waals surface area (Å²) < 4.78 is 9.74. The van der Waals surface area contributed by atoms with Crippen molar-refractivity contribution >= 4 is 22.4 Å². The van der Waals surface area contributed by atoms with E-state index in [2.05, 4.69) is 28.9 Å². The molecule has 0 bridgehead atoms. The third kappa shape index (κ3) is 3.98. The van der Waals surface area contributed by atoms with E-state index in [9.17, 15) is 4.79 Å². The second kappa shape index (κ2) is 6.56. The molecule has 5 nitrogen and oxygen atoms in total. The molecule has 0 aliphatic carbocycles. The van der Waals surface area contributed by atoms with Gasteiger partial charge in [-0.25, -0.2) is 9.78 Å². The minimum atomic E-state index is -0.415. The summed E-state index contributed by atoms with van der Waals surface area (Å²) in [6.07, 6.45) is 0. The van der Waals surface area contributed by atoms with Crippen LogP contribution in [0.3, 0.4) is 0 Å². The van der Waals surface area contributed by atoms with Gasteiger partial charge in [0.2, 0.25) is 0 Å². The van der Waals surface area contributed by atoms with Crippen LogP contribution in [0.1, 0.15) is 24.3 Å². The molecule has 0 fully saturated rings. The Morgan fingerprint density at radius 1 is 1.53 bits per heavy atom. The van der Waals surface area contributed by atoms with E-state index in [0.717, 1.165) is 0 Å². The first-order valence-electron chi connectivity index (χ1n) is 5.37. The predicted molar refractivity (Wildman–Crippen MR) is 67.6 cm³/mol. The van der Waals surface area contributed by atoms with Crippen LogP contribution in [0, 0.1) is 5.92 Å². The fourth-order valence-electron chi connectivity index (χ4n) is 1.28. The molecule has 1 N–H and O–H groups in total. The molecule has 0 radical (unpaired) electrons. The molecule has 1 atom stereocenters. The number of esters is 1. The highest BCUT2D eigenvalue weighted by Gasteiger charge is 2.16. The maximum atomic E-state index is 11.2. The smallest absolute Gasteiger partial charge is 0.357 e. The number of thiazole rings is 1. The van der Waals surface area contributed by atoms with Gasteiger partial charge < -0.3 is 14.8 Å². The molecule has 0 spiro atoms. The van der Waals surface area contributed by atoms with Crippen molar-refractivity contribution in [2.45, 2.75) is 19.9 Å². The number of aromatic nitrogens is 1. The van der Waals surface area contributed by atoms with Crippen LogP contribution in [0.2, 0.25) is 0 Å². The van der Waals surface area contributed by atoms with E-state index in [0.29, 0.717) is 23.4 Å². The number of hydrogen-bond donors (Lipinski definition) is 1. The quantitative estimate of drug-likeness (QED) is 0.791. The summed E-state index contributed by atoms with van der Waals surface area (Å²) >= 11 is 1.39. The van der Waals surface area contributed by atoms with Gasteiger partial charge >= 0.3 is 5.97 Å². The van der Waals surface area contributed by atoms with E-state index in [-0.39, 0.29) is 6.04 Å². The lowest BCUT2D eigenvalue weighted by atomic mass is 10.1.